The highest BCUT2D eigenvalue weighted by atomic mass is 16.3. The number of rotatable bonds is 4. The molecule has 1 saturated heterocycles. The summed E-state index contributed by atoms with van der Waals surface area (Å²) < 4.78 is 0. The first-order valence-corrected chi connectivity index (χ1v) is 7.61. The lowest BCUT2D eigenvalue weighted by atomic mass is 9.99. The molecule has 1 aliphatic rings. The second-order valence-corrected chi connectivity index (χ2v) is 5.66. The van der Waals surface area contributed by atoms with E-state index in [1.54, 1.807) is 0 Å². The molecule has 112 valence electrons. The molecule has 3 rings (SSSR count). The number of nitrogens with one attached hydrogen (secondary N) is 1. The van der Waals surface area contributed by atoms with Crippen LogP contribution in [0.1, 0.15) is 31.4 Å². The number of benzene rings is 1. The molecule has 5 nitrogen and oxygen atoms in total. The van der Waals surface area contributed by atoms with Gasteiger partial charge in [0.1, 0.15) is 5.69 Å². The molecule has 1 aliphatic heterocycles. The number of aliphatic hydroxyl groups is 1. The van der Waals surface area contributed by atoms with Crippen molar-refractivity contribution >= 4 is 11.0 Å². The van der Waals surface area contributed by atoms with Gasteiger partial charge in [-0.25, -0.2) is 4.98 Å². The van der Waals surface area contributed by atoms with E-state index in [9.17, 15) is 9.90 Å². The van der Waals surface area contributed by atoms with Crippen molar-refractivity contribution in [2.24, 2.45) is 0 Å². The Balaban J connectivity index is 1.86. The van der Waals surface area contributed by atoms with Crippen molar-refractivity contribution in [3.05, 3.63) is 40.3 Å². The van der Waals surface area contributed by atoms with Crippen LogP contribution in [-0.4, -0.2) is 39.2 Å². The molecule has 21 heavy (non-hydrogen) atoms. The van der Waals surface area contributed by atoms with Crippen LogP contribution in [0.25, 0.3) is 11.0 Å². The van der Waals surface area contributed by atoms with Crippen molar-refractivity contribution < 1.29 is 5.11 Å². The fourth-order valence-electron chi connectivity index (χ4n) is 3.11. The van der Waals surface area contributed by atoms with E-state index in [1.165, 1.54) is 6.42 Å². The van der Waals surface area contributed by atoms with Crippen LogP contribution in [0, 0.1) is 0 Å². The average molecular weight is 287 g/mol. The summed E-state index contributed by atoms with van der Waals surface area (Å²) in [5, 5.41) is 9.19. The van der Waals surface area contributed by atoms with Gasteiger partial charge >= 0.3 is 0 Å². The zero-order valence-electron chi connectivity index (χ0n) is 12.1. The third-order valence-corrected chi connectivity index (χ3v) is 4.23. The maximum Gasteiger partial charge on any atom is 0.271 e. The van der Waals surface area contributed by atoms with Crippen LogP contribution in [-0.2, 0) is 6.54 Å². The molecule has 1 aromatic carbocycles. The molecule has 0 amide bonds. The average Bonchev–Trinajstić information content (AvgIpc) is 2.50. The van der Waals surface area contributed by atoms with Gasteiger partial charge in [0.15, 0.2) is 0 Å². The molecular formula is C16H21N3O2. The Labute approximate surface area is 123 Å². The lowest BCUT2D eigenvalue weighted by Gasteiger charge is -2.35. The molecule has 2 heterocycles. The number of aliphatic hydroxyl groups excluding tert-OH is 1. The number of hydrogen-bond donors (Lipinski definition) is 2. The molecule has 1 aromatic heterocycles. The first-order chi connectivity index (χ1) is 10.3. The van der Waals surface area contributed by atoms with Gasteiger partial charge in [0.25, 0.3) is 5.56 Å². The van der Waals surface area contributed by atoms with E-state index < -0.39 is 0 Å². The van der Waals surface area contributed by atoms with Gasteiger partial charge in [-0.15, -0.1) is 0 Å². The fourth-order valence-corrected chi connectivity index (χ4v) is 3.11. The van der Waals surface area contributed by atoms with Gasteiger partial charge in [0, 0.05) is 19.2 Å². The van der Waals surface area contributed by atoms with E-state index in [4.69, 9.17) is 0 Å². The number of likely N-dealkylation sites (tertiary alicyclic amines) is 1. The van der Waals surface area contributed by atoms with Crippen LogP contribution in [0.5, 0.6) is 0 Å². The summed E-state index contributed by atoms with van der Waals surface area (Å²) in [5.41, 5.74) is 2.06. The van der Waals surface area contributed by atoms with Crippen molar-refractivity contribution in [2.45, 2.75) is 38.3 Å². The first kappa shape index (κ1) is 14.2. The molecule has 0 radical (unpaired) electrons. The van der Waals surface area contributed by atoms with E-state index in [2.05, 4.69) is 14.9 Å². The van der Waals surface area contributed by atoms with Crippen LogP contribution in [0.2, 0.25) is 0 Å². The number of aromatic nitrogens is 2. The Kier molecular flexibility index (Phi) is 4.31. The van der Waals surface area contributed by atoms with Gasteiger partial charge in [0.05, 0.1) is 11.0 Å². The molecule has 2 aromatic rings. The number of nitrogens with zero attached hydrogens (tertiary/aromatic N) is 2. The van der Waals surface area contributed by atoms with Crippen molar-refractivity contribution in [3.8, 4) is 0 Å². The van der Waals surface area contributed by atoms with Crippen molar-refractivity contribution in [1.29, 1.82) is 0 Å². The summed E-state index contributed by atoms with van der Waals surface area (Å²) in [5.74, 6) is 0. The normalized spacial score (nSPS) is 20.0. The van der Waals surface area contributed by atoms with Gasteiger partial charge in [0.2, 0.25) is 0 Å². The lowest BCUT2D eigenvalue weighted by molar-refractivity contribution is 0.111. The summed E-state index contributed by atoms with van der Waals surface area (Å²) >= 11 is 0. The van der Waals surface area contributed by atoms with Crippen LogP contribution < -0.4 is 5.56 Å². The molecular weight excluding hydrogens is 266 g/mol. The molecule has 0 aliphatic carbocycles. The van der Waals surface area contributed by atoms with Gasteiger partial charge in [-0.3, -0.25) is 9.69 Å². The van der Waals surface area contributed by atoms with Gasteiger partial charge < -0.3 is 10.1 Å². The summed E-state index contributed by atoms with van der Waals surface area (Å²) in [7, 11) is 0. The SMILES string of the molecule is O=c1[nH]c2ccccc2nc1CN1CCCCC1CCO. The highest BCUT2D eigenvalue weighted by molar-refractivity contribution is 5.73. The van der Waals surface area contributed by atoms with Crippen LogP contribution in [0.3, 0.4) is 0 Å². The van der Waals surface area contributed by atoms with E-state index in [-0.39, 0.29) is 12.2 Å². The number of hydrogen-bond acceptors (Lipinski definition) is 4. The van der Waals surface area contributed by atoms with E-state index in [0.29, 0.717) is 18.3 Å². The monoisotopic (exact) mass is 287 g/mol. The van der Waals surface area contributed by atoms with Crippen molar-refractivity contribution in [1.82, 2.24) is 14.9 Å². The van der Waals surface area contributed by atoms with Crippen molar-refractivity contribution in [2.75, 3.05) is 13.2 Å². The zero-order chi connectivity index (χ0) is 14.7. The summed E-state index contributed by atoms with van der Waals surface area (Å²) in [6.07, 6.45) is 4.20. The smallest absolute Gasteiger partial charge is 0.271 e. The first-order valence-electron chi connectivity index (χ1n) is 7.61. The molecule has 2 N–H and O–H groups in total. The maximum atomic E-state index is 12.2. The van der Waals surface area contributed by atoms with Gasteiger partial charge in [-0.2, -0.15) is 0 Å². The van der Waals surface area contributed by atoms with Crippen LogP contribution in [0.4, 0.5) is 0 Å². The Morgan fingerprint density at radius 2 is 2.19 bits per heavy atom. The molecule has 1 atom stereocenters. The molecule has 5 heteroatoms. The standard InChI is InChI=1S/C16H21N3O2/c20-10-8-12-5-3-4-9-19(12)11-15-16(21)18-14-7-2-1-6-13(14)17-15/h1-2,6-7,12,20H,3-5,8-11H2,(H,18,21). The minimum atomic E-state index is -0.109. The minimum absolute atomic E-state index is 0.109. The lowest BCUT2D eigenvalue weighted by Crippen LogP contribution is -2.41. The zero-order valence-corrected chi connectivity index (χ0v) is 12.1. The summed E-state index contributed by atoms with van der Waals surface area (Å²) in [6.45, 7) is 1.73. The highest BCUT2D eigenvalue weighted by Crippen LogP contribution is 2.21. The topological polar surface area (TPSA) is 69.2 Å². The number of H-pyrrole nitrogens is 1. The maximum absolute atomic E-state index is 12.2. The summed E-state index contributed by atoms with van der Waals surface area (Å²) in [4.78, 5) is 21.9. The van der Waals surface area contributed by atoms with Gasteiger partial charge in [-0.1, -0.05) is 18.6 Å². The third kappa shape index (κ3) is 3.14. The van der Waals surface area contributed by atoms with E-state index in [0.717, 1.165) is 36.8 Å². The highest BCUT2D eigenvalue weighted by Gasteiger charge is 2.23. The third-order valence-electron chi connectivity index (χ3n) is 4.23. The molecule has 1 unspecified atom stereocenters. The Morgan fingerprint density at radius 3 is 3.05 bits per heavy atom. The molecule has 0 saturated carbocycles. The number of piperidine rings is 1. The van der Waals surface area contributed by atoms with E-state index >= 15 is 0 Å². The predicted molar refractivity (Wildman–Crippen MR) is 82.1 cm³/mol. The number of fused-ring (bicyclic) bond motifs is 1. The second-order valence-electron chi connectivity index (χ2n) is 5.66. The largest absolute Gasteiger partial charge is 0.396 e. The molecule has 0 spiro atoms. The van der Waals surface area contributed by atoms with Crippen LogP contribution in [0.15, 0.2) is 29.1 Å². The predicted octanol–water partition coefficient (Wildman–Crippen LogP) is 1.66. The van der Waals surface area contributed by atoms with Gasteiger partial charge in [-0.05, 0) is 37.9 Å². The Hall–Kier alpha value is -1.72. The second kappa shape index (κ2) is 6.37. The molecule has 0 bridgehead atoms. The Morgan fingerprint density at radius 1 is 1.33 bits per heavy atom. The molecule has 1 fully saturated rings. The fraction of sp³-hybridized carbons (Fsp3) is 0.500. The number of para-hydroxylation sites is 2. The number of aromatic amines is 1. The van der Waals surface area contributed by atoms with E-state index in [1.807, 2.05) is 24.3 Å². The van der Waals surface area contributed by atoms with Crippen LogP contribution >= 0.6 is 0 Å². The van der Waals surface area contributed by atoms with Crippen molar-refractivity contribution in [3.63, 3.8) is 0 Å². The summed E-state index contributed by atoms with van der Waals surface area (Å²) in [6, 6.07) is 7.95. The Bertz CT molecular complexity index is 666. The quantitative estimate of drug-likeness (QED) is 0.897. The minimum Gasteiger partial charge on any atom is -0.396 e.